The Balaban J connectivity index is 1.46. The Bertz CT molecular complexity index is 1450. The largest absolute Gasteiger partial charge is 0.369 e. The van der Waals surface area contributed by atoms with E-state index in [1.807, 2.05) is 42.6 Å². The second-order valence-electron chi connectivity index (χ2n) is 8.55. The third-order valence-electron chi connectivity index (χ3n) is 6.41. The number of hydrogen-bond donors (Lipinski definition) is 2. The molecule has 0 saturated carbocycles. The van der Waals surface area contributed by atoms with Gasteiger partial charge in [-0.1, -0.05) is 41.9 Å². The molecule has 176 valence electrons. The fourth-order valence-electron chi connectivity index (χ4n) is 4.76. The van der Waals surface area contributed by atoms with Crippen LogP contribution in [0.15, 0.2) is 65.0 Å². The monoisotopic (exact) mass is 513 g/mol. The van der Waals surface area contributed by atoms with Crippen molar-refractivity contribution in [3.05, 3.63) is 76.3 Å². The topological polar surface area (TPSA) is 96.3 Å². The first-order valence-electron chi connectivity index (χ1n) is 11.1. The molecule has 1 amide bonds. The molecule has 3 heterocycles. The van der Waals surface area contributed by atoms with Crippen LogP contribution >= 0.6 is 22.9 Å². The van der Waals surface area contributed by atoms with Crippen LogP contribution < -0.4 is 5.73 Å². The lowest BCUT2D eigenvalue weighted by Crippen LogP contribution is -2.37. The van der Waals surface area contributed by atoms with Gasteiger partial charge in [-0.3, -0.25) is 4.79 Å². The van der Waals surface area contributed by atoms with E-state index in [4.69, 9.17) is 17.3 Å². The molecule has 3 N–H and O–H groups in total. The quantitative estimate of drug-likeness (QED) is 0.373. The van der Waals surface area contributed by atoms with E-state index in [-0.39, 0.29) is 22.5 Å². The summed E-state index contributed by atoms with van der Waals surface area (Å²) in [6.45, 7) is 0.892. The maximum atomic E-state index is 13.0. The van der Waals surface area contributed by atoms with Gasteiger partial charge < -0.3 is 10.7 Å². The maximum Gasteiger partial charge on any atom is 0.252 e. The molecular weight excluding hydrogens is 490 g/mol. The molecular formula is C25H24ClN3O3S2. The summed E-state index contributed by atoms with van der Waals surface area (Å²) in [4.78, 5) is 15.1. The van der Waals surface area contributed by atoms with Gasteiger partial charge in [0.15, 0.2) is 0 Å². The molecule has 0 aliphatic carbocycles. The molecule has 0 unspecified atom stereocenters. The molecule has 1 aliphatic rings. The van der Waals surface area contributed by atoms with Crippen LogP contribution in [0.5, 0.6) is 0 Å². The van der Waals surface area contributed by atoms with E-state index in [0.29, 0.717) is 30.3 Å². The number of halogens is 1. The number of thiophene rings is 1. The van der Waals surface area contributed by atoms with Crippen molar-refractivity contribution in [3.63, 3.8) is 0 Å². The third kappa shape index (κ3) is 4.38. The smallest absolute Gasteiger partial charge is 0.252 e. The van der Waals surface area contributed by atoms with E-state index in [0.717, 1.165) is 44.5 Å². The average molecular weight is 514 g/mol. The number of nitrogens with zero attached hydrogens (tertiary/aromatic N) is 1. The van der Waals surface area contributed by atoms with Crippen LogP contribution in [0.25, 0.3) is 22.0 Å². The fourth-order valence-corrected chi connectivity index (χ4v) is 7.87. The summed E-state index contributed by atoms with van der Waals surface area (Å²) in [6.07, 6.45) is 3.58. The molecule has 9 heteroatoms. The zero-order valence-corrected chi connectivity index (χ0v) is 20.7. The van der Waals surface area contributed by atoms with E-state index in [9.17, 15) is 13.2 Å². The Kier molecular flexibility index (Phi) is 6.24. The summed E-state index contributed by atoms with van der Waals surface area (Å²) in [5.74, 6) is -0.172. The van der Waals surface area contributed by atoms with Crippen molar-refractivity contribution in [3.8, 4) is 11.1 Å². The molecule has 1 fully saturated rings. The number of fused-ring (bicyclic) bond motifs is 1. The highest BCUT2D eigenvalue weighted by atomic mass is 35.5. The number of piperidine rings is 1. The number of carbonyl (C=O) groups is 1. The van der Waals surface area contributed by atoms with Crippen molar-refractivity contribution in [2.45, 2.75) is 29.4 Å². The Morgan fingerprint density at radius 1 is 1.09 bits per heavy atom. The predicted molar refractivity (Wildman–Crippen MR) is 137 cm³/mol. The number of sulfonamides is 1. The van der Waals surface area contributed by atoms with E-state index in [2.05, 4.69) is 11.1 Å². The Morgan fingerprint density at radius 2 is 1.82 bits per heavy atom. The molecule has 2 aromatic carbocycles. The van der Waals surface area contributed by atoms with Crippen LogP contribution in [0.1, 0.15) is 29.9 Å². The van der Waals surface area contributed by atoms with Crippen molar-refractivity contribution in [2.24, 2.45) is 5.73 Å². The van der Waals surface area contributed by atoms with Gasteiger partial charge in [0.25, 0.3) is 10.0 Å². The third-order valence-corrected chi connectivity index (χ3v) is 10.0. The first-order valence-corrected chi connectivity index (χ1v) is 13.7. The minimum absolute atomic E-state index is 0.150. The van der Waals surface area contributed by atoms with E-state index < -0.39 is 10.0 Å². The number of nitrogens with one attached hydrogen (secondary N) is 1. The van der Waals surface area contributed by atoms with E-state index in [1.165, 1.54) is 0 Å². The molecule has 4 aromatic rings. The SMILES string of the molecule is NC(=O)Cc1cc(-c2ccccc2)cc2c(C3CCN(S(=O)(=O)c4ccc(Cl)s4)CC3)c[nH]c12. The molecule has 0 spiro atoms. The first-order chi connectivity index (χ1) is 16.3. The number of H-pyrrole nitrogens is 1. The van der Waals surface area contributed by atoms with Crippen LogP contribution in [0.4, 0.5) is 0 Å². The molecule has 6 nitrogen and oxygen atoms in total. The van der Waals surface area contributed by atoms with Crippen LogP contribution in [0.2, 0.25) is 4.34 Å². The Hall–Kier alpha value is -2.65. The van der Waals surface area contributed by atoms with Gasteiger partial charge in [0, 0.05) is 30.2 Å². The lowest BCUT2D eigenvalue weighted by Gasteiger charge is -2.30. The number of nitrogens with two attached hydrogens (primary N) is 1. The van der Waals surface area contributed by atoms with Crippen LogP contribution in [0.3, 0.4) is 0 Å². The van der Waals surface area contributed by atoms with Crippen molar-refractivity contribution in [2.75, 3.05) is 13.1 Å². The molecule has 0 bridgehead atoms. The lowest BCUT2D eigenvalue weighted by molar-refractivity contribution is -0.117. The Morgan fingerprint density at radius 3 is 2.47 bits per heavy atom. The number of amides is 1. The van der Waals surface area contributed by atoms with Crippen LogP contribution in [0, 0.1) is 0 Å². The highest BCUT2D eigenvalue weighted by Crippen LogP contribution is 2.38. The van der Waals surface area contributed by atoms with E-state index >= 15 is 0 Å². The Labute approximate surface area is 207 Å². The van der Waals surface area contributed by atoms with Crippen molar-refractivity contribution < 1.29 is 13.2 Å². The summed E-state index contributed by atoms with van der Waals surface area (Å²) in [7, 11) is -3.53. The second kappa shape index (κ2) is 9.19. The number of carbonyl (C=O) groups excluding carboxylic acids is 1. The fraction of sp³-hybridized carbons (Fsp3) is 0.240. The van der Waals surface area contributed by atoms with Gasteiger partial charge in [-0.05, 0) is 65.3 Å². The molecule has 0 radical (unpaired) electrons. The number of primary amides is 1. The number of benzene rings is 2. The lowest BCUT2D eigenvalue weighted by atomic mass is 9.88. The predicted octanol–water partition coefficient (Wildman–Crippen LogP) is 5.15. The zero-order chi connectivity index (χ0) is 23.9. The number of aromatic amines is 1. The molecule has 1 saturated heterocycles. The van der Waals surface area contributed by atoms with Gasteiger partial charge in [-0.15, -0.1) is 11.3 Å². The van der Waals surface area contributed by atoms with Gasteiger partial charge in [0.1, 0.15) is 4.21 Å². The number of aromatic nitrogens is 1. The molecule has 34 heavy (non-hydrogen) atoms. The van der Waals surface area contributed by atoms with Crippen molar-refractivity contribution in [1.82, 2.24) is 9.29 Å². The summed E-state index contributed by atoms with van der Waals surface area (Å²) in [6, 6.07) is 17.4. The minimum Gasteiger partial charge on any atom is -0.369 e. The van der Waals surface area contributed by atoms with Gasteiger partial charge in [0.05, 0.1) is 10.8 Å². The summed E-state index contributed by atoms with van der Waals surface area (Å²) in [5.41, 5.74) is 10.6. The second-order valence-corrected chi connectivity index (χ2v) is 12.4. The standard InChI is InChI=1S/C25H24ClN3O3S2/c26-22-6-7-24(33-22)34(31,32)29-10-8-17(9-11-29)21-15-28-25-19(14-23(27)30)12-18(13-20(21)25)16-4-2-1-3-5-16/h1-7,12-13,15,17,28H,8-11,14H2,(H2,27,30). The summed E-state index contributed by atoms with van der Waals surface area (Å²) >= 11 is 7.04. The normalized spacial score (nSPS) is 15.7. The summed E-state index contributed by atoms with van der Waals surface area (Å²) in [5, 5.41) is 1.06. The highest BCUT2D eigenvalue weighted by molar-refractivity contribution is 7.91. The van der Waals surface area contributed by atoms with E-state index in [1.54, 1.807) is 16.4 Å². The van der Waals surface area contributed by atoms with Gasteiger partial charge >= 0.3 is 0 Å². The highest BCUT2D eigenvalue weighted by Gasteiger charge is 2.32. The molecule has 0 atom stereocenters. The van der Waals surface area contributed by atoms with Crippen molar-refractivity contribution in [1.29, 1.82) is 0 Å². The number of rotatable bonds is 6. The maximum absolute atomic E-state index is 13.0. The number of hydrogen-bond acceptors (Lipinski definition) is 4. The van der Waals surface area contributed by atoms with Crippen LogP contribution in [-0.4, -0.2) is 36.7 Å². The van der Waals surface area contributed by atoms with Crippen LogP contribution in [-0.2, 0) is 21.2 Å². The van der Waals surface area contributed by atoms with Gasteiger partial charge in [0.2, 0.25) is 5.91 Å². The zero-order valence-electron chi connectivity index (χ0n) is 18.3. The van der Waals surface area contributed by atoms with Gasteiger partial charge in [-0.2, -0.15) is 4.31 Å². The summed E-state index contributed by atoms with van der Waals surface area (Å²) < 4.78 is 28.3. The van der Waals surface area contributed by atoms with Gasteiger partial charge in [-0.25, -0.2) is 8.42 Å². The molecule has 2 aromatic heterocycles. The first kappa shape index (κ1) is 23.1. The minimum atomic E-state index is -3.53. The molecule has 5 rings (SSSR count). The van der Waals surface area contributed by atoms with Crippen molar-refractivity contribution >= 4 is 49.8 Å². The average Bonchev–Trinajstić information content (AvgIpc) is 3.46. The molecule has 1 aliphatic heterocycles.